The van der Waals surface area contributed by atoms with Crippen LogP contribution in [0.15, 0.2) is 79.4 Å². The first-order valence-electron chi connectivity index (χ1n) is 7.44. The third-order valence-corrected chi connectivity index (χ3v) is 4.14. The average molecular weight is 313 g/mol. The van der Waals surface area contributed by atoms with Crippen LogP contribution in [-0.2, 0) is 0 Å². The van der Waals surface area contributed by atoms with Gasteiger partial charge in [0.05, 0.1) is 0 Å². The number of rotatable bonds is 4. The van der Waals surface area contributed by atoms with Crippen molar-refractivity contribution in [3.63, 3.8) is 0 Å². The molecule has 2 unspecified atom stereocenters. The van der Waals surface area contributed by atoms with Gasteiger partial charge in [-0.05, 0) is 25.0 Å². The normalized spacial score (nSPS) is 13.2. The van der Waals surface area contributed by atoms with Gasteiger partial charge in [-0.2, -0.15) is 0 Å². The lowest BCUT2D eigenvalue weighted by Crippen LogP contribution is -3.00. The van der Waals surface area contributed by atoms with E-state index in [1.165, 1.54) is 11.1 Å². The van der Waals surface area contributed by atoms with Gasteiger partial charge in [-0.15, -0.1) is 0 Å². The smallest absolute Gasteiger partial charge is 0.244 e. The number of benzene rings is 2. The van der Waals surface area contributed by atoms with Crippen molar-refractivity contribution in [1.29, 1.82) is 0 Å². The van der Waals surface area contributed by atoms with Crippen LogP contribution in [0.1, 0.15) is 37.1 Å². The van der Waals surface area contributed by atoms with Gasteiger partial charge < -0.3 is 12.4 Å². The fraction of sp³-hybridized carbons (Fsp3) is 0.211. The molecule has 114 valence electrons. The van der Waals surface area contributed by atoms with Crippen molar-refractivity contribution in [2.45, 2.75) is 25.9 Å². The fourth-order valence-corrected chi connectivity index (χ4v) is 2.65. The van der Waals surface area contributed by atoms with E-state index in [2.05, 4.69) is 102 Å². The second-order valence-corrected chi connectivity index (χ2v) is 5.48. The van der Waals surface area contributed by atoms with Crippen molar-refractivity contribution in [3.8, 4) is 0 Å². The maximum atomic E-state index is 2.26. The second kappa shape index (κ2) is 7.28. The molecule has 0 saturated carbocycles. The largest absolute Gasteiger partial charge is 1.00 e. The Hall–Kier alpha value is -2.06. The summed E-state index contributed by atoms with van der Waals surface area (Å²) < 4.78 is 4.52. The van der Waals surface area contributed by atoms with Gasteiger partial charge in [0, 0.05) is 0 Å². The molecule has 0 radical (unpaired) electrons. The molecule has 22 heavy (non-hydrogen) atoms. The van der Waals surface area contributed by atoms with Crippen LogP contribution >= 0.6 is 0 Å². The van der Waals surface area contributed by atoms with E-state index < -0.39 is 0 Å². The molecular weight excluding hydrogens is 292 g/mol. The predicted octanol–water partition coefficient (Wildman–Crippen LogP) is 0.998. The molecule has 0 saturated heterocycles. The van der Waals surface area contributed by atoms with E-state index in [0.29, 0.717) is 12.1 Å². The maximum Gasteiger partial charge on any atom is 0.244 e. The van der Waals surface area contributed by atoms with Crippen LogP contribution in [0.2, 0.25) is 0 Å². The van der Waals surface area contributed by atoms with E-state index in [0.717, 1.165) is 0 Å². The third-order valence-electron chi connectivity index (χ3n) is 4.14. The van der Waals surface area contributed by atoms with Crippen molar-refractivity contribution >= 4 is 0 Å². The summed E-state index contributed by atoms with van der Waals surface area (Å²) in [7, 11) is 0. The minimum absolute atomic E-state index is 0. The Morgan fingerprint density at radius 3 is 1.95 bits per heavy atom. The van der Waals surface area contributed by atoms with Crippen LogP contribution < -0.4 is 17.0 Å². The molecule has 3 aromatic rings. The molecule has 0 amide bonds. The van der Waals surface area contributed by atoms with Gasteiger partial charge in [0.25, 0.3) is 0 Å². The van der Waals surface area contributed by atoms with E-state index in [1.54, 1.807) is 0 Å². The molecule has 0 N–H and O–H groups in total. The zero-order valence-corrected chi connectivity index (χ0v) is 13.7. The Morgan fingerprint density at radius 2 is 1.36 bits per heavy atom. The topological polar surface area (TPSA) is 8.81 Å². The highest BCUT2D eigenvalue weighted by Gasteiger charge is 2.17. The minimum Gasteiger partial charge on any atom is -1.00 e. The summed E-state index contributed by atoms with van der Waals surface area (Å²) in [6.07, 6.45) is 6.49. The standard InChI is InChI=1S/C19H21N2.ClH/c1-16(18-9-5-3-6-10-18)20-13-14-21(15-20)17(2)19-11-7-4-8-12-19;/h3-17H,1-2H3;1H/q+1;/p-1. The highest BCUT2D eigenvalue weighted by Crippen LogP contribution is 2.17. The molecule has 2 aromatic carbocycles. The molecule has 0 bridgehead atoms. The summed E-state index contributed by atoms with van der Waals surface area (Å²) in [5.41, 5.74) is 2.65. The van der Waals surface area contributed by atoms with E-state index in [1.807, 2.05) is 0 Å². The zero-order chi connectivity index (χ0) is 14.7. The summed E-state index contributed by atoms with van der Waals surface area (Å²) in [4.78, 5) is 0. The van der Waals surface area contributed by atoms with Gasteiger partial charge in [-0.1, -0.05) is 60.7 Å². The molecule has 0 spiro atoms. The monoisotopic (exact) mass is 312 g/mol. The number of hydrogen-bond donors (Lipinski definition) is 0. The van der Waals surface area contributed by atoms with Gasteiger partial charge in [-0.3, -0.25) is 0 Å². The van der Waals surface area contributed by atoms with Crippen LogP contribution in [-0.4, -0.2) is 4.57 Å². The highest BCUT2D eigenvalue weighted by atomic mass is 35.5. The average Bonchev–Trinajstić information content (AvgIpc) is 3.05. The zero-order valence-electron chi connectivity index (χ0n) is 12.9. The van der Waals surface area contributed by atoms with Crippen molar-refractivity contribution in [1.82, 2.24) is 4.57 Å². The number of hydrogen-bond acceptors (Lipinski definition) is 0. The molecule has 0 aliphatic rings. The van der Waals surface area contributed by atoms with Crippen LogP contribution in [0.25, 0.3) is 0 Å². The Bertz CT molecular complexity index is 632. The Kier molecular flexibility index (Phi) is 5.40. The number of imidazole rings is 1. The summed E-state index contributed by atoms with van der Waals surface area (Å²) >= 11 is 0. The fourth-order valence-electron chi connectivity index (χ4n) is 2.65. The van der Waals surface area contributed by atoms with Crippen molar-refractivity contribution < 1.29 is 17.0 Å². The lowest BCUT2D eigenvalue weighted by Gasteiger charge is -2.09. The lowest BCUT2D eigenvalue weighted by atomic mass is 10.1. The second-order valence-electron chi connectivity index (χ2n) is 5.48. The molecule has 3 heteroatoms. The highest BCUT2D eigenvalue weighted by molar-refractivity contribution is 5.19. The molecule has 1 aromatic heterocycles. The molecule has 0 aliphatic heterocycles. The first kappa shape index (κ1) is 16.3. The van der Waals surface area contributed by atoms with Crippen molar-refractivity contribution in [2.75, 3.05) is 0 Å². The summed E-state index contributed by atoms with van der Waals surface area (Å²) in [6.45, 7) is 4.46. The Labute approximate surface area is 138 Å². The van der Waals surface area contributed by atoms with Crippen LogP contribution in [0, 0.1) is 0 Å². The third kappa shape index (κ3) is 3.40. The summed E-state index contributed by atoms with van der Waals surface area (Å²) in [6, 6.07) is 21.9. The first-order valence-corrected chi connectivity index (χ1v) is 7.44. The lowest BCUT2D eigenvalue weighted by molar-refractivity contribution is -0.710. The molecule has 3 rings (SSSR count). The van der Waals surface area contributed by atoms with Gasteiger partial charge >= 0.3 is 0 Å². The molecule has 2 nitrogen and oxygen atoms in total. The number of halogens is 1. The van der Waals surface area contributed by atoms with Crippen molar-refractivity contribution in [3.05, 3.63) is 90.5 Å². The predicted molar refractivity (Wildman–Crippen MR) is 85.1 cm³/mol. The molecule has 0 fully saturated rings. The van der Waals surface area contributed by atoms with Crippen LogP contribution in [0.5, 0.6) is 0 Å². The SMILES string of the molecule is CC(c1ccccc1)n1cc[n+](C(C)c2ccccc2)c1.[Cl-]. The maximum absolute atomic E-state index is 2.26. The minimum atomic E-state index is 0. The van der Waals surface area contributed by atoms with E-state index >= 15 is 0 Å². The van der Waals surface area contributed by atoms with Crippen molar-refractivity contribution in [2.24, 2.45) is 0 Å². The Balaban J connectivity index is 0.00000176. The quantitative estimate of drug-likeness (QED) is 0.636. The van der Waals surface area contributed by atoms with E-state index in [-0.39, 0.29) is 12.4 Å². The Morgan fingerprint density at radius 1 is 0.818 bits per heavy atom. The number of nitrogens with zero attached hydrogens (tertiary/aromatic N) is 2. The van der Waals surface area contributed by atoms with Gasteiger partial charge in [0.2, 0.25) is 6.33 Å². The summed E-state index contributed by atoms with van der Waals surface area (Å²) in [5.74, 6) is 0. The molecule has 0 aliphatic carbocycles. The molecule has 2 atom stereocenters. The van der Waals surface area contributed by atoms with Gasteiger partial charge in [-0.25, -0.2) is 9.13 Å². The van der Waals surface area contributed by atoms with Gasteiger partial charge in [0.1, 0.15) is 24.5 Å². The van der Waals surface area contributed by atoms with Gasteiger partial charge in [0.15, 0.2) is 0 Å². The molecular formula is C19H21ClN2. The van der Waals surface area contributed by atoms with Crippen LogP contribution in [0.4, 0.5) is 0 Å². The van der Waals surface area contributed by atoms with Crippen LogP contribution in [0.3, 0.4) is 0 Å². The van der Waals surface area contributed by atoms with E-state index in [4.69, 9.17) is 0 Å². The number of aromatic nitrogens is 2. The van der Waals surface area contributed by atoms with E-state index in [9.17, 15) is 0 Å². The first-order chi connectivity index (χ1) is 10.3. The summed E-state index contributed by atoms with van der Waals surface area (Å²) in [5, 5.41) is 0. The molecule has 1 heterocycles.